The van der Waals surface area contributed by atoms with Gasteiger partial charge >= 0.3 is 5.69 Å². The van der Waals surface area contributed by atoms with E-state index in [1.54, 1.807) is 24.3 Å². The Morgan fingerprint density at radius 3 is 2.56 bits per heavy atom. The molecule has 0 unspecified atom stereocenters. The van der Waals surface area contributed by atoms with Gasteiger partial charge in [0.1, 0.15) is 6.10 Å². The highest BCUT2D eigenvalue weighted by atomic mass is 35.5. The zero-order valence-corrected chi connectivity index (χ0v) is 10.1. The molecule has 0 fully saturated rings. The second-order valence-corrected chi connectivity index (χ2v) is 4.10. The van der Waals surface area contributed by atoms with E-state index in [1.807, 2.05) is 0 Å². The summed E-state index contributed by atoms with van der Waals surface area (Å²) in [6.45, 7) is -0.475. The van der Waals surface area contributed by atoms with E-state index in [1.165, 1.54) is 16.8 Å². The van der Waals surface area contributed by atoms with Crippen LogP contribution in [0.1, 0.15) is 11.8 Å². The number of aromatic nitrogens is 2. The van der Waals surface area contributed by atoms with E-state index in [0.717, 1.165) is 0 Å². The zero-order chi connectivity index (χ0) is 13.1. The number of aliphatic hydroxyl groups excluding tert-OH is 2. The molecule has 0 aliphatic rings. The molecule has 18 heavy (non-hydrogen) atoms. The molecule has 0 amide bonds. The first-order valence-corrected chi connectivity index (χ1v) is 5.64. The molecule has 1 aromatic heterocycles. The first-order chi connectivity index (χ1) is 8.63. The Labute approximate surface area is 108 Å². The van der Waals surface area contributed by atoms with Gasteiger partial charge in [0.2, 0.25) is 0 Å². The first kappa shape index (κ1) is 12.8. The molecule has 0 aliphatic heterocycles. The van der Waals surface area contributed by atoms with Crippen LogP contribution in [-0.4, -0.2) is 26.4 Å². The minimum absolute atomic E-state index is 0.278. The Bertz CT molecular complexity index is 595. The van der Waals surface area contributed by atoms with E-state index < -0.39 is 18.4 Å². The number of hydrogen-bond acceptors (Lipinski definition) is 4. The molecule has 1 aromatic carbocycles. The summed E-state index contributed by atoms with van der Waals surface area (Å²) in [6, 6.07) is 8.02. The summed E-state index contributed by atoms with van der Waals surface area (Å²) >= 11 is 5.78. The molecule has 1 atom stereocenters. The number of halogens is 1. The summed E-state index contributed by atoms with van der Waals surface area (Å²) in [5.74, 6) is 0. The van der Waals surface area contributed by atoms with Gasteiger partial charge in [0.15, 0.2) is 0 Å². The van der Waals surface area contributed by atoms with Crippen molar-refractivity contribution in [3.63, 3.8) is 0 Å². The van der Waals surface area contributed by atoms with Crippen molar-refractivity contribution in [2.75, 3.05) is 6.61 Å². The average molecular weight is 267 g/mol. The van der Waals surface area contributed by atoms with E-state index in [2.05, 4.69) is 4.98 Å². The van der Waals surface area contributed by atoms with Crippen molar-refractivity contribution in [2.45, 2.75) is 6.10 Å². The molecule has 0 bridgehead atoms. The van der Waals surface area contributed by atoms with Crippen molar-refractivity contribution >= 4 is 11.6 Å². The van der Waals surface area contributed by atoms with Gasteiger partial charge in [-0.25, -0.2) is 9.78 Å². The molecule has 0 radical (unpaired) electrons. The van der Waals surface area contributed by atoms with Crippen molar-refractivity contribution in [3.8, 4) is 5.69 Å². The molecule has 94 valence electrons. The predicted molar refractivity (Wildman–Crippen MR) is 66.9 cm³/mol. The molecule has 0 saturated heterocycles. The first-order valence-electron chi connectivity index (χ1n) is 5.26. The Hall–Kier alpha value is -1.69. The summed E-state index contributed by atoms with van der Waals surface area (Å²) in [5.41, 5.74) is 0.280. The van der Waals surface area contributed by atoms with E-state index in [4.69, 9.17) is 16.7 Å². The largest absolute Gasteiger partial charge is 0.393 e. The molecule has 2 N–H and O–H groups in total. The molecule has 0 saturated carbocycles. The predicted octanol–water partition coefficient (Wildman–Crippen LogP) is 0.912. The molecule has 0 spiro atoms. The summed E-state index contributed by atoms with van der Waals surface area (Å²) in [6.07, 6.45) is 0.152. The van der Waals surface area contributed by atoms with Crippen molar-refractivity contribution in [1.82, 2.24) is 9.55 Å². The maximum Gasteiger partial charge on any atom is 0.352 e. The summed E-state index contributed by atoms with van der Waals surface area (Å²) in [4.78, 5) is 15.4. The summed E-state index contributed by atoms with van der Waals surface area (Å²) < 4.78 is 1.23. The fraction of sp³-hybridized carbons (Fsp3) is 0.167. The van der Waals surface area contributed by atoms with Crippen LogP contribution in [0.4, 0.5) is 0 Å². The van der Waals surface area contributed by atoms with Gasteiger partial charge in [-0.15, -0.1) is 0 Å². The lowest BCUT2D eigenvalue weighted by Crippen LogP contribution is -2.26. The molecule has 5 nitrogen and oxygen atoms in total. The standard InChI is InChI=1S/C12H11ClN2O3/c13-8-1-3-9(4-2-8)15-10(11(17)7-16)5-6-14-12(15)18/h1-6,11,16-17H,7H2/t11-/m1/s1. The van der Waals surface area contributed by atoms with E-state index in [0.29, 0.717) is 10.7 Å². The molecular formula is C12H11ClN2O3. The number of nitrogens with zero attached hydrogens (tertiary/aromatic N) is 2. The van der Waals surface area contributed by atoms with Gasteiger partial charge in [-0.2, -0.15) is 0 Å². The van der Waals surface area contributed by atoms with Crippen LogP contribution in [0, 0.1) is 0 Å². The maximum absolute atomic E-state index is 11.8. The third kappa shape index (κ3) is 2.43. The molecule has 1 heterocycles. The van der Waals surface area contributed by atoms with Gasteiger partial charge in [0.25, 0.3) is 0 Å². The highest BCUT2D eigenvalue weighted by molar-refractivity contribution is 6.30. The van der Waals surface area contributed by atoms with Crippen LogP contribution in [0.25, 0.3) is 5.69 Å². The van der Waals surface area contributed by atoms with Gasteiger partial charge in [-0.1, -0.05) is 11.6 Å². The fourth-order valence-electron chi connectivity index (χ4n) is 1.62. The Balaban J connectivity index is 2.62. The third-order valence-corrected chi connectivity index (χ3v) is 2.73. The van der Waals surface area contributed by atoms with E-state index in [-0.39, 0.29) is 5.69 Å². The minimum Gasteiger partial charge on any atom is -0.393 e. The number of benzene rings is 1. The minimum atomic E-state index is -1.14. The molecule has 2 aromatic rings. The lowest BCUT2D eigenvalue weighted by atomic mass is 10.2. The number of hydrogen-bond donors (Lipinski definition) is 2. The van der Waals surface area contributed by atoms with Gasteiger partial charge in [-0.05, 0) is 30.3 Å². The van der Waals surface area contributed by atoms with Gasteiger partial charge < -0.3 is 10.2 Å². The molecule has 0 aliphatic carbocycles. The molecular weight excluding hydrogens is 256 g/mol. The molecule has 6 heteroatoms. The fourth-order valence-corrected chi connectivity index (χ4v) is 1.75. The van der Waals surface area contributed by atoms with Crippen molar-refractivity contribution in [1.29, 1.82) is 0 Å². The molecule has 2 rings (SSSR count). The van der Waals surface area contributed by atoms with Crippen molar-refractivity contribution in [3.05, 3.63) is 57.7 Å². The van der Waals surface area contributed by atoms with Crippen LogP contribution in [0.2, 0.25) is 5.02 Å². The van der Waals surface area contributed by atoms with Crippen LogP contribution >= 0.6 is 11.6 Å². The van der Waals surface area contributed by atoms with Crippen LogP contribution in [0.15, 0.2) is 41.3 Å². The van der Waals surface area contributed by atoms with E-state index in [9.17, 15) is 9.90 Å². The van der Waals surface area contributed by atoms with Crippen LogP contribution in [-0.2, 0) is 0 Å². The summed E-state index contributed by atoms with van der Waals surface area (Å²) in [5, 5.41) is 19.2. The van der Waals surface area contributed by atoms with Crippen LogP contribution in [0.5, 0.6) is 0 Å². The van der Waals surface area contributed by atoms with Crippen molar-refractivity contribution in [2.24, 2.45) is 0 Å². The Morgan fingerprint density at radius 2 is 1.94 bits per heavy atom. The normalized spacial score (nSPS) is 12.4. The van der Waals surface area contributed by atoms with Crippen molar-refractivity contribution < 1.29 is 10.2 Å². The van der Waals surface area contributed by atoms with E-state index >= 15 is 0 Å². The SMILES string of the molecule is O=c1nccc([C@H](O)CO)n1-c1ccc(Cl)cc1. The second kappa shape index (κ2) is 5.30. The third-order valence-electron chi connectivity index (χ3n) is 2.48. The highest BCUT2D eigenvalue weighted by Crippen LogP contribution is 2.17. The topological polar surface area (TPSA) is 75.3 Å². The number of aliphatic hydroxyl groups is 2. The lowest BCUT2D eigenvalue weighted by molar-refractivity contribution is 0.0900. The monoisotopic (exact) mass is 266 g/mol. The highest BCUT2D eigenvalue weighted by Gasteiger charge is 2.14. The van der Waals surface area contributed by atoms with Crippen LogP contribution < -0.4 is 5.69 Å². The van der Waals surface area contributed by atoms with Crippen LogP contribution in [0.3, 0.4) is 0 Å². The quantitative estimate of drug-likeness (QED) is 0.866. The Morgan fingerprint density at radius 1 is 1.28 bits per heavy atom. The lowest BCUT2D eigenvalue weighted by Gasteiger charge is -2.15. The average Bonchev–Trinajstić information content (AvgIpc) is 2.39. The van der Waals surface area contributed by atoms with Gasteiger partial charge in [-0.3, -0.25) is 4.57 Å². The Kier molecular flexibility index (Phi) is 3.76. The van der Waals surface area contributed by atoms with Gasteiger partial charge in [0, 0.05) is 11.2 Å². The number of rotatable bonds is 3. The zero-order valence-electron chi connectivity index (χ0n) is 9.32. The summed E-state index contributed by atoms with van der Waals surface area (Å²) in [7, 11) is 0. The van der Waals surface area contributed by atoms with Gasteiger partial charge in [0.05, 0.1) is 18.0 Å². The maximum atomic E-state index is 11.8. The smallest absolute Gasteiger partial charge is 0.352 e. The second-order valence-electron chi connectivity index (χ2n) is 3.66.